The summed E-state index contributed by atoms with van der Waals surface area (Å²) < 4.78 is 1.80. The molecule has 0 spiro atoms. The molecule has 9 heteroatoms. The first kappa shape index (κ1) is 22.1. The summed E-state index contributed by atoms with van der Waals surface area (Å²) >= 11 is 4.87. The third kappa shape index (κ3) is 4.40. The van der Waals surface area contributed by atoms with Crippen molar-refractivity contribution in [1.82, 2.24) is 19.4 Å². The largest absolute Gasteiger partial charge is 0.339 e. The van der Waals surface area contributed by atoms with Crippen molar-refractivity contribution in [2.45, 2.75) is 50.9 Å². The van der Waals surface area contributed by atoms with E-state index in [0.29, 0.717) is 17.5 Å². The summed E-state index contributed by atoms with van der Waals surface area (Å²) in [6.07, 6.45) is 4.05. The standard InChI is InChI=1S/C23H28N4O2S3/c1-2-8-27-22(29)20-17-6-3-7-18(17)32-21(20)24-23(27)31-15-19(28)26-11-9-25(10-12-26)14-16-5-4-13-30-16/h4-5,13H,2-3,6-12,14-15H2,1H3. The van der Waals surface area contributed by atoms with Crippen LogP contribution < -0.4 is 5.56 Å². The van der Waals surface area contributed by atoms with E-state index in [2.05, 4.69) is 29.3 Å². The molecule has 5 rings (SSSR count). The average molecular weight is 489 g/mol. The second kappa shape index (κ2) is 9.67. The Labute approximate surface area is 200 Å². The van der Waals surface area contributed by atoms with Crippen LogP contribution in [0.1, 0.15) is 35.1 Å². The van der Waals surface area contributed by atoms with E-state index in [1.807, 2.05) is 4.90 Å². The van der Waals surface area contributed by atoms with Crippen LogP contribution in [-0.4, -0.2) is 57.2 Å². The van der Waals surface area contributed by atoms with Gasteiger partial charge < -0.3 is 4.90 Å². The average Bonchev–Trinajstić information content (AvgIpc) is 3.53. The molecule has 1 aliphatic heterocycles. The number of thioether (sulfide) groups is 1. The lowest BCUT2D eigenvalue weighted by molar-refractivity contribution is -0.130. The van der Waals surface area contributed by atoms with Crippen molar-refractivity contribution in [3.8, 4) is 0 Å². The molecular weight excluding hydrogens is 460 g/mol. The molecule has 0 N–H and O–H groups in total. The predicted octanol–water partition coefficient (Wildman–Crippen LogP) is 3.85. The van der Waals surface area contributed by atoms with Gasteiger partial charge in [-0.1, -0.05) is 24.8 Å². The second-order valence-electron chi connectivity index (χ2n) is 8.41. The molecule has 4 heterocycles. The molecule has 32 heavy (non-hydrogen) atoms. The van der Waals surface area contributed by atoms with Gasteiger partial charge in [0.25, 0.3) is 5.56 Å². The molecule has 0 saturated carbocycles. The fraction of sp³-hybridized carbons (Fsp3) is 0.522. The van der Waals surface area contributed by atoms with Gasteiger partial charge in [0, 0.05) is 49.0 Å². The highest BCUT2D eigenvalue weighted by Crippen LogP contribution is 2.35. The van der Waals surface area contributed by atoms with Crippen LogP contribution in [0.25, 0.3) is 10.2 Å². The number of carbonyl (C=O) groups excluding carboxylic acids is 1. The van der Waals surface area contributed by atoms with Gasteiger partial charge in [-0.25, -0.2) is 4.98 Å². The van der Waals surface area contributed by atoms with Crippen LogP contribution in [0.15, 0.2) is 27.5 Å². The summed E-state index contributed by atoms with van der Waals surface area (Å²) in [6, 6.07) is 4.26. The van der Waals surface area contributed by atoms with Gasteiger partial charge in [0.1, 0.15) is 4.83 Å². The van der Waals surface area contributed by atoms with Crippen LogP contribution in [0, 0.1) is 0 Å². The Morgan fingerprint density at radius 1 is 1.22 bits per heavy atom. The molecule has 0 radical (unpaired) electrons. The van der Waals surface area contributed by atoms with E-state index in [4.69, 9.17) is 4.98 Å². The van der Waals surface area contributed by atoms with Gasteiger partial charge in [0.2, 0.25) is 5.91 Å². The van der Waals surface area contributed by atoms with Crippen LogP contribution >= 0.6 is 34.4 Å². The van der Waals surface area contributed by atoms with Crippen LogP contribution in [0.2, 0.25) is 0 Å². The number of aromatic nitrogens is 2. The Bertz CT molecular complexity index is 1160. The number of hydrogen-bond donors (Lipinski definition) is 0. The summed E-state index contributed by atoms with van der Waals surface area (Å²) in [5.74, 6) is 0.467. The summed E-state index contributed by atoms with van der Waals surface area (Å²) in [7, 11) is 0. The van der Waals surface area contributed by atoms with Gasteiger partial charge in [-0.15, -0.1) is 22.7 Å². The molecule has 0 atom stereocenters. The van der Waals surface area contributed by atoms with Crippen LogP contribution in [0.3, 0.4) is 0 Å². The Morgan fingerprint density at radius 2 is 2.06 bits per heavy atom. The molecule has 1 aliphatic carbocycles. The Morgan fingerprint density at radius 3 is 2.81 bits per heavy atom. The molecule has 1 amide bonds. The fourth-order valence-electron chi connectivity index (χ4n) is 4.59. The molecule has 0 unspecified atom stereocenters. The lowest BCUT2D eigenvalue weighted by Gasteiger charge is -2.34. The first-order valence-electron chi connectivity index (χ1n) is 11.3. The molecule has 2 aliphatic rings. The quantitative estimate of drug-likeness (QED) is 0.373. The van der Waals surface area contributed by atoms with Crippen molar-refractivity contribution >= 4 is 50.6 Å². The molecule has 0 aromatic carbocycles. The zero-order valence-electron chi connectivity index (χ0n) is 18.3. The van der Waals surface area contributed by atoms with Crippen molar-refractivity contribution < 1.29 is 4.79 Å². The lowest BCUT2D eigenvalue weighted by Crippen LogP contribution is -2.48. The Hall–Kier alpha value is -1.68. The number of thiophene rings is 2. The number of carbonyl (C=O) groups is 1. The smallest absolute Gasteiger partial charge is 0.263 e. The summed E-state index contributed by atoms with van der Waals surface area (Å²) in [4.78, 5) is 39.0. The molecule has 1 saturated heterocycles. The van der Waals surface area contributed by atoms with Crippen molar-refractivity contribution in [3.05, 3.63) is 43.2 Å². The third-order valence-corrected chi connectivity index (χ3v) is 9.25. The van der Waals surface area contributed by atoms with Crippen molar-refractivity contribution in [1.29, 1.82) is 0 Å². The fourth-order valence-corrected chi connectivity index (χ4v) is 7.56. The topological polar surface area (TPSA) is 58.4 Å². The number of hydrogen-bond acceptors (Lipinski definition) is 7. The lowest BCUT2D eigenvalue weighted by atomic mass is 10.2. The van der Waals surface area contributed by atoms with Crippen molar-refractivity contribution in [2.24, 2.45) is 0 Å². The minimum Gasteiger partial charge on any atom is -0.339 e. The maximum Gasteiger partial charge on any atom is 0.263 e. The van der Waals surface area contributed by atoms with Gasteiger partial charge in [-0.3, -0.25) is 19.1 Å². The maximum absolute atomic E-state index is 13.3. The SMILES string of the molecule is CCCn1c(SCC(=O)N2CCN(Cc3cccs3)CC2)nc2sc3c(c2c1=O)CCC3. The van der Waals surface area contributed by atoms with Crippen LogP contribution in [0.4, 0.5) is 0 Å². The van der Waals surface area contributed by atoms with E-state index in [-0.39, 0.29) is 11.5 Å². The van der Waals surface area contributed by atoms with Gasteiger partial charge >= 0.3 is 0 Å². The van der Waals surface area contributed by atoms with Crippen LogP contribution in [0.5, 0.6) is 0 Å². The number of piperazine rings is 1. The minimum absolute atomic E-state index is 0.0772. The molecule has 3 aromatic heterocycles. The Kier molecular flexibility index (Phi) is 6.69. The molecular formula is C23H28N4O2S3. The minimum atomic E-state index is 0.0772. The monoisotopic (exact) mass is 488 g/mol. The Balaban J connectivity index is 1.25. The third-order valence-electron chi connectivity index (χ3n) is 6.25. The van der Waals surface area contributed by atoms with Crippen molar-refractivity contribution in [3.63, 3.8) is 0 Å². The van der Waals surface area contributed by atoms with E-state index in [1.165, 1.54) is 27.1 Å². The molecule has 0 bridgehead atoms. The van der Waals surface area contributed by atoms with Gasteiger partial charge in [-0.05, 0) is 42.7 Å². The van der Waals surface area contributed by atoms with Gasteiger partial charge in [0.15, 0.2) is 5.16 Å². The molecule has 3 aromatic rings. The number of rotatable bonds is 7. The predicted molar refractivity (Wildman–Crippen MR) is 133 cm³/mol. The van der Waals surface area contributed by atoms with Crippen molar-refractivity contribution in [2.75, 3.05) is 31.9 Å². The van der Waals surface area contributed by atoms with Gasteiger partial charge in [0.05, 0.1) is 11.1 Å². The van der Waals surface area contributed by atoms with E-state index < -0.39 is 0 Å². The molecule has 6 nitrogen and oxygen atoms in total. The van der Waals surface area contributed by atoms with E-state index in [0.717, 1.165) is 68.6 Å². The zero-order chi connectivity index (χ0) is 22.1. The number of fused-ring (bicyclic) bond motifs is 3. The number of nitrogens with zero attached hydrogens (tertiary/aromatic N) is 4. The highest BCUT2D eigenvalue weighted by atomic mass is 32.2. The van der Waals surface area contributed by atoms with E-state index in [1.54, 1.807) is 27.2 Å². The summed E-state index contributed by atoms with van der Waals surface area (Å²) in [5, 5.41) is 3.63. The highest BCUT2D eigenvalue weighted by Gasteiger charge is 2.25. The zero-order valence-corrected chi connectivity index (χ0v) is 20.8. The van der Waals surface area contributed by atoms with Gasteiger partial charge in [-0.2, -0.15) is 0 Å². The summed E-state index contributed by atoms with van der Waals surface area (Å²) in [6.45, 7) is 7.01. The summed E-state index contributed by atoms with van der Waals surface area (Å²) in [5.41, 5.74) is 1.30. The second-order valence-corrected chi connectivity index (χ2v) is 11.5. The van der Waals surface area contributed by atoms with Crippen LogP contribution in [-0.2, 0) is 30.7 Å². The highest BCUT2D eigenvalue weighted by molar-refractivity contribution is 7.99. The molecule has 1 fully saturated rings. The van der Waals surface area contributed by atoms with E-state index in [9.17, 15) is 9.59 Å². The number of aryl methyl sites for hydroxylation is 2. The number of amides is 1. The normalized spacial score (nSPS) is 16.7. The first-order valence-corrected chi connectivity index (χ1v) is 14.0. The molecule has 170 valence electrons. The van der Waals surface area contributed by atoms with E-state index >= 15 is 0 Å². The maximum atomic E-state index is 13.3. The first-order chi connectivity index (χ1) is 15.6.